The number of nitrogens with one attached hydrogen (secondary N) is 1. The van der Waals surface area contributed by atoms with E-state index in [1.807, 2.05) is 0 Å². The first-order chi connectivity index (χ1) is 15.4. The van der Waals surface area contributed by atoms with E-state index >= 15 is 0 Å². The number of nitrogens with zero attached hydrogens (tertiary/aromatic N) is 4. The third-order valence-electron chi connectivity index (χ3n) is 5.74. The molecule has 0 spiro atoms. The van der Waals surface area contributed by atoms with Crippen molar-refractivity contribution in [2.45, 2.75) is 43.0 Å². The fourth-order valence-electron chi connectivity index (χ4n) is 3.98. The highest BCUT2D eigenvalue weighted by Gasteiger charge is 2.23. The van der Waals surface area contributed by atoms with E-state index < -0.39 is 23.0 Å². The number of para-hydroxylation sites is 1. The molecule has 0 bridgehead atoms. The van der Waals surface area contributed by atoms with Crippen LogP contribution in [0.25, 0.3) is 11.0 Å². The zero-order valence-electron chi connectivity index (χ0n) is 17.9. The Labute approximate surface area is 187 Å². The van der Waals surface area contributed by atoms with E-state index in [-0.39, 0.29) is 28.4 Å². The second-order valence-electron chi connectivity index (χ2n) is 7.94. The number of thioether (sulfide) groups is 1. The number of aryl methyl sites for hydroxylation is 1. The number of benzene rings is 1. The van der Waals surface area contributed by atoms with E-state index in [2.05, 4.69) is 15.3 Å². The molecule has 0 aliphatic heterocycles. The summed E-state index contributed by atoms with van der Waals surface area (Å²) >= 11 is 1.08. The smallest absolute Gasteiger partial charge is 0.323 e. The first-order valence-corrected chi connectivity index (χ1v) is 11.5. The van der Waals surface area contributed by atoms with Crippen LogP contribution in [0.2, 0.25) is 0 Å². The van der Waals surface area contributed by atoms with Crippen molar-refractivity contribution in [3.05, 3.63) is 56.7 Å². The lowest BCUT2D eigenvalue weighted by Crippen LogP contribution is -2.38. The van der Waals surface area contributed by atoms with Crippen molar-refractivity contribution in [3.63, 3.8) is 0 Å². The molecular formula is C22H24FN5O3S. The van der Waals surface area contributed by atoms with Crippen LogP contribution in [-0.4, -0.2) is 30.8 Å². The molecule has 0 radical (unpaired) electrons. The quantitative estimate of drug-likeness (QED) is 0.467. The van der Waals surface area contributed by atoms with Gasteiger partial charge in [0.15, 0.2) is 5.65 Å². The average molecular weight is 458 g/mol. The summed E-state index contributed by atoms with van der Waals surface area (Å²) in [6.07, 6.45) is 5.22. The molecule has 8 nitrogen and oxygen atoms in total. The average Bonchev–Trinajstić information content (AvgIpc) is 2.81. The SMILES string of the molecule is Cn1c(=O)c2c(SCC(=O)Nc3ccccc3F)nc(C3CCCCC3)nc2n(C)c1=O. The maximum Gasteiger partial charge on any atom is 0.332 e. The summed E-state index contributed by atoms with van der Waals surface area (Å²) in [7, 11) is 2.97. The van der Waals surface area contributed by atoms with Crippen LogP contribution in [-0.2, 0) is 18.9 Å². The summed E-state index contributed by atoms with van der Waals surface area (Å²) in [4.78, 5) is 47.1. The van der Waals surface area contributed by atoms with E-state index in [0.717, 1.165) is 42.0 Å². The Kier molecular flexibility index (Phi) is 6.40. The van der Waals surface area contributed by atoms with Gasteiger partial charge in [-0.25, -0.2) is 19.2 Å². The van der Waals surface area contributed by atoms with Gasteiger partial charge >= 0.3 is 5.69 Å². The number of aromatic nitrogens is 4. The van der Waals surface area contributed by atoms with Gasteiger partial charge in [0.05, 0.1) is 11.4 Å². The first-order valence-electron chi connectivity index (χ1n) is 10.5. The fourth-order valence-corrected chi connectivity index (χ4v) is 4.80. The second-order valence-corrected chi connectivity index (χ2v) is 8.91. The van der Waals surface area contributed by atoms with Gasteiger partial charge in [0.1, 0.15) is 22.1 Å². The molecule has 1 aliphatic carbocycles. The molecule has 10 heteroatoms. The number of carbonyl (C=O) groups is 1. The van der Waals surface area contributed by atoms with Gasteiger partial charge in [0.2, 0.25) is 5.91 Å². The molecule has 0 atom stereocenters. The molecule has 4 rings (SSSR count). The predicted octanol–water partition coefficient (Wildman–Crippen LogP) is 2.94. The summed E-state index contributed by atoms with van der Waals surface area (Å²) in [6, 6.07) is 5.91. The number of halogens is 1. The Hall–Kier alpha value is -3.01. The van der Waals surface area contributed by atoms with Crippen LogP contribution in [0.15, 0.2) is 38.9 Å². The Morgan fingerprint density at radius 3 is 2.56 bits per heavy atom. The molecular weight excluding hydrogens is 433 g/mol. The third-order valence-corrected chi connectivity index (χ3v) is 6.72. The molecule has 1 aliphatic rings. The van der Waals surface area contributed by atoms with Crippen molar-refractivity contribution in [1.82, 2.24) is 19.1 Å². The van der Waals surface area contributed by atoms with Crippen LogP contribution in [0.1, 0.15) is 43.8 Å². The van der Waals surface area contributed by atoms with Crippen molar-refractivity contribution < 1.29 is 9.18 Å². The van der Waals surface area contributed by atoms with Crippen LogP contribution >= 0.6 is 11.8 Å². The monoisotopic (exact) mass is 457 g/mol. The highest BCUT2D eigenvalue weighted by Crippen LogP contribution is 2.33. The molecule has 168 valence electrons. The Morgan fingerprint density at radius 2 is 1.84 bits per heavy atom. The van der Waals surface area contributed by atoms with Crippen molar-refractivity contribution in [3.8, 4) is 0 Å². The van der Waals surface area contributed by atoms with E-state index in [4.69, 9.17) is 0 Å². The molecule has 0 unspecified atom stereocenters. The lowest BCUT2D eigenvalue weighted by Gasteiger charge is -2.21. The molecule has 1 aromatic carbocycles. The molecule has 0 saturated heterocycles. The van der Waals surface area contributed by atoms with Gasteiger partial charge in [-0.15, -0.1) is 0 Å². The van der Waals surface area contributed by atoms with Crippen molar-refractivity contribution >= 4 is 34.4 Å². The topological polar surface area (TPSA) is 98.9 Å². The van der Waals surface area contributed by atoms with Gasteiger partial charge in [-0.1, -0.05) is 43.2 Å². The van der Waals surface area contributed by atoms with Crippen LogP contribution in [0.4, 0.5) is 10.1 Å². The third kappa shape index (κ3) is 4.32. The maximum atomic E-state index is 13.8. The lowest BCUT2D eigenvalue weighted by atomic mass is 9.89. The number of carbonyl (C=O) groups excluding carboxylic acids is 1. The Bertz CT molecular complexity index is 1300. The van der Waals surface area contributed by atoms with Crippen molar-refractivity contribution in [2.24, 2.45) is 14.1 Å². The van der Waals surface area contributed by atoms with Crippen LogP contribution in [0.3, 0.4) is 0 Å². The largest absolute Gasteiger partial charge is 0.332 e. The zero-order chi connectivity index (χ0) is 22.8. The first kappa shape index (κ1) is 22.2. The van der Waals surface area contributed by atoms with E-state index in [9.17, 15) is 18.8 Å². The summed E-state index contributed by atoms with van der Waals surface area (Å²) < 4.78 is 16.2. The standard InChI is InChI=1S/C22H24FN5O3S/c1-27-19-17(21(30)28(2)22(27)31)20(26-18(25-19)13-8-4-3-5-9-13)32-12-16(29)24-15-11-7-6-10-14(15)23/h6-7,10-11,13H,3-5,8-9,12H2,1-2H3,(H,24,29). The van der Waals surface area contributed by atoms with Crippen LogP contribution in [0, 0.1) is 5.82 Å². The molecule has 32 heavy (non-hydrogen) atoms. The molecule has 1 N–H and O–H groups in total. The molecule has 2 heterocycles. The molecule has 1 amide bonds. The summed E-state index contributed by atoms with van der Waals surface area (Å²) in [5, 5.41) is 3.10. The van der Waals surface area contributed by atoms with E-state index in [0.29, 0.717) is 10.9 Å². The Balaban J connectivity index is 1.71. The van der Waals surface area contributed by atoms with Gasteiger partial charge < -0.3 is 5.32 Å². The van der Waals surface area contributed by atoms with Crippen molar-refractivity contribution in [1.29, 1.82) is 0 Å². The molecule has 3 aromatic rings. The maximum absolute atomic E-state index is 13.8. The molecule has 1 fully saturated rings. The highest BCUT2D eigenvalue weighted by molar-refractivity contribution is 8.00. The number of fused-ring (bicyclic) bond motifs is 1. The minimum absolute atomic E-state index is 0.0729. The van der Waals surface area contributed by atoms with Gasteiger partial charge in [-0.05, 0) is 25.0 Å². The minimum Gasteiger partial charge on any atom is -0.323 e. The molecule has 1 saturated carbocycles. The van der Waals surface area contributed by atoms with Gasteiger partial charge in [-0.2, -0.15) is 0 Å². The van der Waals surface area contributed by atoms with Crippen LogP contribution < -0.4 is 16.6 Å². The van der Waals surface area contributed by atoms with Gasteiger partial charge in [0.25, 0.3) is 5.56 Å². The summed E-state index contributed by atoms with van der Waals surface area (Å²) in [6.45, 7) is 0. The number of anilines is 1. The van der Waals surface area contributed by atoms with Crippen molar-refractivity contribution in [2.75, 3.05) is 11.1 Å². The van der Waals surface area contributed by atoms with E-state index in [1.54, 1.807) is 19.2 Å². The number of hydrogen-bond acceptors (Lipinski definition) is 6. The van der Waals surface area contributed by atoms with Gasteiger partial charge in [0, 0.05) is 20.0 Å². The number of amides is 1. The normalized spacial score (nSPS) is 14.6. The fraction of sp³-hybridized carbons (Fsp3) is 0.409. The summed E-state index contributed by atoms with van der Waals surface area (Å²) in [5.74, 6) is -0.276. The predicted molar refractivity (Wildman–Crippen MR) is 122 cm³/mol. The van der Waals surface area contributed by atoms with Gasteiger partial charge in [-0.3, -0.25) is 18.7 Å². The minimum atomic E-state index is -0.526. The lowest BCUT2D eigenvalue weighted by molar-refractivity contribution is -0.113. The Morgan fingerprint density at radius 1 is 1.12 bits per heavy atom. The second kappa shape index (κ2) is 9.23. The van der Waals surface area contributed by atoms with E-state index in [1.165, 1.54) is 30.2 Å². The number of hydrogen-bond donors (Lipinski definition) is 1. The summed E-state index contributed by atoms with van der Waals surface area (Å²) in [5.41, 5.74) is -0.614. The zero-order valence-corrected chi connectivity index (χ0v) is 18.7. The number of rotatable bonds is 5. The van der Waals surface area contributed by atoms with Crippen LogP contribution in [0.5, 0.6) is 0 Å². The molecule has 2 aromatic heterocycles. The highest BCUT2D eigenvalue weighted by atomic mass is 32.2.